The number of hydrogen-bond donors (Lipinski definition) is 0. The van der Waals surface area contributed by atoms with Gasteiger partial charge in [0.05, 0.1) is 0 Å². The minimum absolute atomic E-state index is 1.11. The van der Waals surface area contributed by atoms with Crippen LogP contribution in [0.4, 0.5) is 0 Å². The molecule has 0 nitrogen and oxygen atoms in total. The summed E-state index contributed by atoms with van der Waals surface area (Å²) in [5.74, 6) is 0. The van der Waals surface area contributed by atoms with Gasteiger partial charge in [-0.2, -0.15) is 0 Å². The summed E-state index contributed by atoms with van der Waals surface area (Å²) >= 11 is 7.25. The Hall–Kier alpha value is -1.64. The van der Waals surface area contributed by atoms with Gasteiger partial charge in [-0.15, -0.1) is 0 Å². The minimum Gasteiger partial charge on any atom is -0.0616 e. The molecule has 0 unspecified atom stereocenters. The molecule has 4 aromatic carbocycles. The number of halogens is 2. The van der Waals surface area contributed by atoms with Crippen molar-refractivity contribution in [3.63, 3.8) is 0 Å². The Bertz CT molecular complexity index is 999. The van der Waals surface area contributed by atoms with E-state index in [9.17, 15) is 0 Å². The van der Waals surface area contributed by atoms with Crippen molar-refractivity contribution in [2.75, 3.05) is 0 Å². The maximum atomic E-state index is 3.66. The van der Waals surface area contributed by atoms with Crippen LogP contribution in [0.3, 0.4) is 0 Å². The van der Waals surface area contributed by atoms with Gasteiger partial charge in [0.2, 0.25) is 0 Å². The molecule has 22 heavy (non-hydrogen) atoms. The molecule has 0 heterocycles. The van der Waals surface area contributed by atoms with Gasteiger partial charge in [0.15, 0.2) is 0 Å². The van der Waals surface area contributed by atoms with Gasteiger partial charge in [-0.3, -0.25) is 0 Å². The summed E-state index contributed by atoms with van der Waals surface area (Å²) in [6, 6.07) is 25.8. The van der Waals surface area contributed by atoms with Crippen LogP contribution in [0.5, 0.6) is 0 Å². The Morgan fingerprint density at radius 1 is 0.545 bits per heavy atom. The largest absolute Gasteiger partial charge is 0.0616 e. The number of hydrogen-bond acceptors (Lipinski definition) is 0. The smallest absolute Gasteiger partial charge is 0.0254 e. The van der Waals surface area contributed by atoms with Crippen LogP contribution < -0.4 is 0 Å². The van der Waals surface area contributed by atoms with E-state index >= 15 is 0 Å². The first kappa shape index (κ1) is 14.0. The van der Waals surface area contributed by atoms with Crippen molar-refractivity contribution in [1.29, 1.82) is 0 Å². The summed E-state index contributed by atoms with van der Waals surface area (Å²) in [7, 11) is 0. The summed E-state index contributed by atoms with van der Waals surface area (Å²) in [6.07, 6.45) is 0. The first-order valence-corrected chi connectivity index (χ1v) is 8.68. The summed E-state index contributed by atoms with van der Waals surface area (Å²) < 4.78 is 2.24. The SMILES string of the molecule is Brc1ccc2cccc(-c3ccc(Br)c4ccccc34)c2c1. The molecular weight excluding hydrogens is 400 g/mol. The van der Waals surface area contributed by atoms with Crippen LogP contribution in [0.2, 0.25) is 0 Å². The molecule has 0 fully saturated rings. The molecule has 0 aliphatic heterocycles. The maximum absolute atomic E-state index is 3.66. The zero-order valence-corrected chi connectivity index (χ0v) is 14.9. The Morgan fingerprint density at radius 3 is 2.18 bits per heavy atom. The lowest BCUT2D eigenvalue weighted by Gasteiger charge is -2.11. The molecule has 106 valence electrons. The molecule has 0 N–H and O–H groups in total. The average Bonchev–Trinajstić information content (AvgIpc) is 2.55. The second-order valence-corrected chi connectivity index (χ2v) is 7.08. The first-order valence-electron chi connectivity index (χ1n) is 7.10. The number of fused-ring (bicyclic) bond motifs is 2. The molecule has 2 heteroatoms. The van der Waals surface area contributed by atoms with Crippen molar-refractivity contribution in [2.45, 2.75) is 0 Å². The normalized spacial score (nSPS) is 11.2. The van der Waals surface area contributed by atoms with Crippen molar-refractivity contribution >= 4 is 53.4 Å². The Kier molecular flexibility index (Phi) is 3.51. The number of benzene rings is 4. The van der Waals surface area contributed by atoms with E-state index < -0.39 is 0 Å². The fraction of sp³-hybridized carbons (Fsp3) is 0. The number of rotatable bonds is 1. The van der Waals surface area contributed by atoms with Crippen LogP contribution in [0.25, 0.3) is 32.7 Å². The summed E-state index contributed by atoms with van der Waals surface area (Å²) in [4.78, 5) is 0. The standard InChI is InChI=1S/C20H12Br2/c21-14-9-8-13-4-3-7-16(19(13)12-14)17-10-11-20(22)18-6-2-1-5-15(17)18/h1-12H. The van der Waals surface area contributed by atoms with Crippen molar-refractivity contribution in [2.24, 2.45) is 0 Å². The van der Waals surface area contributed by atoms with E-state index in [-0.39, 0.29) is 0 Å². The van der Waals surface area contributed by atoms with E-state index in [4.69, 9.17) is 0 Å². The third-order valence-corrected chi connectivity index (χ3v) is 5.19. The molecule has 0 atom stereocenters. The fourth-order valence-electron chi connectivity index (χ4n) is 2.98. The highest BCUT2D eigenvalue weighted by Gasteiger charge is 2.09. The second kappa shape index (κ2) is 5.53. The molecule has 0 amide bonds. The summed E-state index contributed by atoms with van der Waals surface area (Å²) in [5.41, 5.74) is 2.53. The Morgan fingerprint density at radius 2 is 1.32 bits per heavy atom. The van der Waals surface area contributed by atoms with E-state index in [0.29, 0.717) is 0 Å². The van der Waals surface area contributed by atoms with Gasteiger partial charge in [-0.25, -0.2) is 0 Å². The molecule has 4 rings (SSSR count). The van der Waals surface area contributed by atoms with Crippen molar-refractivity contribution in [3.8, 4) is 11.1 Å². The molecule has 0 aromatic heterocycles. The van der Waals surface area contributed by atoms with Crippen LogP contribution in [0.1, 0.15) is 0 Å². The van der Waals surface area contributed by atoms with Crippen LogP contribution in [-0.2, 0) is 0 Å². The van der Waals surface area contributed by atoms with E-state index in [2.05, 4.69) is 105 Å². The molecule has 0 saturated carbocycles. The molecule has 4 aromatic rings. The van der Waals surface area contributed by atoms with Crippen LogP contribution in [0, 0.1) is 0 Å². The quantitative estimate of drug-likeness (QED) is 0.311. The molecular formula is C20H12Br2. The van der Waals surface area contributed by atoms with E-state index in [0.717, 1.165) is 8.95 Å². The van der Waals surface area contributed by atoms with Gasteiger partial charge in [0, 0.05) is 8.95 Å². The lowest BCUT2D eigenvalue weighted by molar-refractivity contribution is 1.65. The van der Waals surface area contributed by atoms with Gasteiger partial charge in [-0.05, 0) is 50.9 Å². The third-order valence-electron chi connectivity index (χ3n) is 4.01. The lowest BCUT2D eigenvalue weighted by atomic mass is 9.94. The molecule has 0 bridgehead atoms. The predicted octanol–water partition coefficient (Wildman–Crippen LogP) is 7.19. The van der Waals surface area contributed by atoms with E-state index in [1.165, 1.54) is 32.7 Å². The van der Waals surface area contributed by atoms with Gasteiger partial charge < -0.3 is 0 Å². The topological polar surface area (TPSA) is 0 Å². The predicted molar refractivity (Wildman–Crippen MR) is 102 cm³/mol. The molecule has 0 aliphatic rings. The van der Waals surface area contributed by atoms with Crippen LogP contribution in [0.15, 0.2) is 81.7 Å². The summed E-state index contributed by atoms with van der Waals surface area (Å²) in [5, 5.41) is 5.04. The first-order chi connectivity index (χ1) is 10.7. The van der Waals surface area contributed by atoms with Crippen molar-refractivity contribution in [3.05, 3.63) is 81.7 Å². The molecule has 0 spiro atoms. The monoisotopic (exact) mass is 410 g/mol. The average molecular weight is 412 g/mol. The molecule has 0 radical (unpaired) electrons. The second-order valence-electron chi connectivity index (χ2n) is 5.31. The summed E-state index contributed by atoms with van der Waals surface area (Å²) in [6.45, 7) is 0. The Labute approximate surface area is 146 Å². The highest BCUT2D eigenvalue weighted by molar-refractivity contribution is 9.11. The molecule has 0 saturated heterocycles. The highest BCUT2D eigenvalue weighted by Crippen LogP contribution is 2.37. The minimum atomic E-state index is 1.11. The van der Waals surface area contributed by atoms with Gasteiger partial charge in [0.25, 0.3) is 0 Å². The Balaban J connectivity index is 2.12. The fourth-order valence-corrected chi connectivity index (χ4v) is 3.82. The van der Waals surface area contributed by atoms with Gasteiger partial charge in [0.1, 0.15) is 0 Å². The lowest BCUT2D eigenvalue weighted by Crippen LogP contribution is -1.85. The van der Waals surface area contributed by atoms with E-state index in [1.807, 2.05) is 0 Å². The van der Waals surface area contributed by atoms with E-state index in [1.54, 1.807) is 0 Å². The van der Waals surface area contributed by atoms with Crippen LogP contribution in [-0.4, -0.2) is 0 Å². The maximum Gasteiger partial charge on any atom is 0.0254 e. The van der Waals surface area contributed by atoms with Crippen LogP contribution >= 0.6 is 31.9 Å². The van der Waals surface area contributed by atoms with Gasteiger partial charge in [-0.1, -0.05) is 86.5 Å². The van der Waals surface area contributed by atoms with Crippen molar-refractivity contribution < 1.29 is 0 Å². The third kappa shape index (κ3) is 2.27. The van der Waals surface area contributed by atoms with Gasteiger partial charge >= 0.3 is 0 Å². The highest BCUT2D eigenvalue weighted by atomic mass is 79.9. The van der Waals surface area contributed by atoms with Crippen molar-refractivity contribution in [1.82, 2.24) is 0 Å². The zero-order valence-electron chi connectivity index (χ0n) is 11.7. The zero-order chi connectivity index (χ0) is 15.1. The molecule has 0 aliphatic carbocycles.